The van der Waals surface area contributed by atoms with E-state index in [9.17, 15) is 4.79 Å². The zero-order valence-corrected chi connectivity index (χ0v) is 15.0. The Bertz CT molecular complexity index is 842. The number of hydrogen-bond donors (Lipinski definition) is 1. The zero-order valence-electron chi connectivity index (χ0n) is 14.2. The second kappa shape index (κ2) is 7.90. The van der Waals surface area contributed by atoms with E-state index >= 15 is 0 Å². The number of aromatic nitrogens is 2. The Hall–Kier alpha value is -2.73. The number of pyridine rings is 1. The fourth-order valence-corrected chi connectivity index (χ4v) is 3.20. The molecule has 0 spiro atoms. The number of thiazole rings is 1. The lowest BCUT2D eigenvalue weighted by molar-refractivity contribution is -0.115. The van der Waals surface area contributed by atoms with Gasteiger partial charge in [-0.15, -0.1) is 11.3 Å². The molecule has 0 aliphatic rings. The molecule has 2 aromatic heterocycles. The molecular weight excluding hydrogens is 334 g/mol. The molecule has 1 N–H and O–H groups in total. The Balaban J connectivity index is 1.54. The van der Waals surface area contributed by atoms with Crippen LogP contribution in [-0.2, 0) is 17.8 Å². The lowest BCUT2D eigenvalue weighted by atomic mass is 10.1. The highest BCUT2D eigenvalue weighted by Gasteiger charge is 2.09. The minimum Gasteiger partial charge on any atom is -0.485 e. The van der Waals surface area contributed by atoms with E-state index in [0.29, 0.717) is 12.4 Å². The van der Waals surface area contributed by atoms with Gasteiger partial charge < -0.3 is 10.1 Å². The largest absolute Gasteiger partial charge is 0.485 e. The van der Waals surface area contributed by atoms with Crippen LogP contribution in [0.25, 0.3) is 0 Å². The van der Waals surface area contributed by atoms with Crippen molar-refractivity contribution in [3.8, 4) is 5.75 Å². The van der Waals surface area contributed by atoms with Crippen molar-refractivity contribution in [1.82, 2.24) is 9.97 Å². The van der Waals surface area contributed by atoms with Crippen LogP contribution in [0.2, 0.25) is 0 Å². The summed E-state index contributed by atoms with van der Waals surface area (Å²) in [6.45, 7) is 4.39. The predicted molar refractivity (Wildman–Crippen MR) is 98.9 cm³/mol. The quantitative estimate of drug-likeness (QED) is 0.730. The van der Waals surface area contributed by atoms with Crippen LogP contribution < -0.4 is 10.1 Å². The molecule has 0 bridgehead atoms. The van der Waals surface area contributed by atoms with Gasteiger partial charge in [0, 0.05) is 17.3 Å². The highest BCUT2D eigenvalue weighted by molar-refractivity contribution is 7.09. The van der Waals surface area contributed by atoms with Gasteiger partial charge in [-0.1, -0.05) is 6.07 Å². The number of benzene rings is 1. The van der Waals surface area contributed by atoms with E-state index in [2.05, 4.69) is 21.4 Å². The molecule has 1 aromatic carbocycles. The summed E-state index contributed by atoms with van der Waals surface area (Å²) in [5.74, 6) is 0.627. The molecule has 0 fully saturated rings. The van der Waals surface area contributed by atoms with Crippen LogP contribution in [0.1, 0.15) is 21.8 Å². The molecule has 5 nitrogen and oxygen atoms in total. The van der Waals surface area contributed by atoms with Gasteiger partial charge in [0.25, 0.3) is 0 Å². The van der Waals surface area contributed by atoms with Crippen molar-refractivity contribution in [2.45, 2.75) is 26.9 Å². The minimum absolute atomic E-state index is 0.0740. The second-order valence-electron chi connectivity index (χ2n) is 5.81. The van der Waals surface area contributed by atoms with E-state index in [1.54, 1.807) is 12.4 Å². The summed E-state index contributed by atoms with van der Waals surface area (Å²) in [5.41, 5.74) is 3.81. The molecule has 6 heteroatoms. The van der Waals surface area contributed by atoms with Crippen LogP contribution in [0, 0.1) is 13.8 Å². The number of carbonyl (C=O) groups excluding carboxylic acids is 1. The summed E-state index contributed by atoms with van der Waals surface area (Å²) in [5, 5.41) is 5.65. The SMILES string of the molecule is Cc1cc(C)cc(NC(=O)Cc2csc(COc3cccnc3)n2)c1. The second-order valence-corrected chi connectivity index (χ2v) is 6.75. The van der Waals surface area contributed by atoms with Crippen LogP contribution in [0.3, 0.4) is 0 Å². The Labute approximate surface area is 150 Å². The lowest BCUT2D eigenvalue weighted by Gasteiger charge is -2.06. The first kappa shape index (κ1) is 17.1. The maximum atomic E-state index is 12.2. The lowest BCUT2D eigenvalue weighted by Crippen LogP contribution is -2.14. The average Bonchev–Trinajstić information content (AvgIpc) is 3.00. The normalized spacial score (nSPS) is 10.5. The van der Waals surface area contributed by atoms with Crippen LogP contribution in [-0.4, -0.2) is 15.9 Å². The molecule has 0 unspecified atom stereocenters. The number of aryl methyl sites for hydroxylation is 2. The Morgan fingerprint density at radius 3 is 2.76 bits per heavy atom. The van der Waals surface area contributed by atoms with Gasteiger partial charge in [-0.3, -0.25) is 9.78 Å². The number of ether oxygens (including phenoxy) is 1. The fourth-order valence-electron chi connectivity index (χ4n) is 2.49. The van der Waals surface area contributed by atoms with E-state index in [-0.39, 0.29) is 12.3 Å². The number of nitrogens with one attached hydrogen (secondary N) is 1. The van der Waals surface area contributed by atoms with Gasteiger partial charge in [0.2, 0.25) is 5.91 Å². The highest BCUT2D eigenvalue weighted by Crippen LogP contribution is 2.16. The molecule has 3 aromatic rings. The van der Waals surface area contributed by atoms with Crippen molar-refractivity contribution in [3.05, 3.63) is 69.9 Å². The molecule has 1 amide bonds. The highest BCUT2D eigenvalue weighted by atomic mass is 32.1. The molecule has 0 aliphatic carbocycles. The van der Waals surface area contributed by atoms with Crippen molar-refractivity contribution in [1.29, 1.82) is 0 Å². The third-order valence-electron chi connectivity index (χ3n) is 3.44. The summed E-state index contributed by atoms with van der Waals surface area (Å²) >= 11 is 1.49. The van der Waals surface area contributed by atoms with Gasteiger partial charge >= 0.3 is 0 Å². The van der Waals surface area contributed by atoms with Crippen molar-refractivity contribution >= 4 is 22.9 Å². The van der Waals surface area contributed by atoms with E-state index < -0.39 is 0 Å². The minimum atomic E-state index is -0.0740. The molecule has 0 radical (unpaired) electrons. The van der Waals surface area contributed by atoms with Crippen molar-refractivity contribution < 1.29 is 9.53 Å². The van der Waals surface area contributed by atoms with Gasteiger partial charge in [-0.25, -0.2) is 4.98 Å². The molecule has 2 heterocycles. The summed E-state index contributed by atoms with van der Waals surface area (Å²) < 4.78 is 5.62. The standard InChI is InChI=1S/C19H19N3O2S/c1-13-6-14(2)8-15(7-13)21-18(23)9-16-12-25-19(22-16)11-24-17-4-3-5-20-10-17/h3-8,10,12H,9,11H2,1-2H3,(H,21,23). The van der Waals surface area contributed by atoms with E-state index in [1.807, 2.05) is 43.5 Å². The maximum absolute atomic E-state index is 12.2. The number of amides is 1. The van der Waals surface area contributed by atoms with Gasteiger partial charge in [0.1, 0.15) is 17.4 Å². The van der Waals surface area contributed by atoms with Crippen molar-refractivity contribution in [2.75, 3.05) is 5.32 Å². The summed E-state index contributed by atoms with van der Waals surface area (Å²) in [7, 11) is 0. The fraction of sp³-hybridized carbons (Fsp3) is 0.211. The monoisotopic (exact) mass is 353 g/mol. The van der Waals surface area contributed by atoms with Gasteiger partial charge in [-0.05, 0) is 49.2 Å². The van der Waals surface area contributed by atoms with E-state index in [4.69, 9.17) is 4.74 Å². The summed E-state index contributed by atoms with van der Waals surface area (Å²) in [6, 6.07) is 9.65. The predicted octanol–water partition coefficient (Wildman–Crippen LogP) is 3.92. The van der Waals surface area contributed by atoms with Crippen LogP contribution in [0.15, 0.2) is 48.1 Å². The zero-order chi connectivity index (χ0) is 17.6. The molecule has 25 heavy (non-hydrogen) atoms. The topological polar surface area (TPSA) is 64.1 Å². The molecule has 0 atom stereocenters. The molecule has 0 saturated heterocycles. The molecule has 0 aliphatic heterocycles. The average molecular weight is 353 g/mol. The van der Waals surface area contributed by atoms with Crippen LogP contribution >= 0.6 is 11.3 Å². The summed E-state index contributed by atoms with van der Waals surface area (Å²) in [4.78, 5) is 20.7. The number of rotatable bonds is 6. The first-order valence-electron chi connectivity index (χ1n) is 7.93. The smallest absolute Gasteiger partial charge is 0.230 e. The van der Waals surface area contributed by atoms with Crippen molar-refractivity contribution in [3.63, 3.8) is 0 Å². The van der Waals surface area contributed by atoms with Crippen molar-refractivity contribution in [2.24, 2.45) is 0 Å². The van der Waals surface area contributed by atoms with Gasteiger partial charge in [-0.2, -0.15) is 0 Å². The molecule has 128 valence electrons. The Morgan fingerprint density at radius 1 is 1.24 bits per heavy atom. The molecular formula is C19H19N3O2S. The summed E-state index contributed by atoms with van der Waals surface area (Å²) in [6.07, 6.45) is 3.60. The number of nitrogens with zero attached hydrogens (tertiary/aromatic N) is 2. The number of hydrogen-bond acceptors (Lipinski definition) is 5. The Morgan fingerprint density at radius 2 is 2.04 bits per heavy atom. The van der Waals surface area contributed by atoms with Crippen LogP contribution in [0.5, 0.6) is 5.75 Å². The molecule has 0 saturated carbocycles. The van der Waals surface area contributed by atoms with Crippen LogP contribution in [0.4, 0.5) is 5.69 Å². The number of carbonyl (C=O) groups is 1. The van der Waals surface area contributed by atoms with Gasteiger partial charge in [0.15, 0.2) is 0 Å². The maximum Gasteiger partial charge on any atom is 0.230 e. The third kappa shape index (κ3) is 5.12. The van der Waals surface area contributed by atoms with E-state index in [0.717, 1.165) is 27.5 Å². The first-order valence-corrected chi connectivity index (χ1v) is 8.81. The molecule has 3 rings (SSSR count). The number of anilines is 1. The first-order chi connectivity index (χ1) is 12.1. The Kier molecular flexibility index (Phi) is 5.40. The van der Waals surface area contributed by atoms with E-state index in [1.165, 1.54) is 11.3 Å². The third-order valence-corrected chi connectivity index (χ3v) is 4.31. The van der Waals surface area contributed by atoms with Gasteiger partial charge in [0.05, 0.1) is 18.3 Å².